The van der Waals surface area contributed by atoms with Crippen molar-refractivity contribution >= 4 is 10.9 Å². The number of aromatic amines is 1. The maximum Gasteiger partial charge on any atom is 0.159 e. The van der Waals surface area contributed by atoms with E-state index >= 15 is 0 Å². The van der Waals surface area contributed by atoms with Crippen LogP contribution in [-0.4, -0.2) is 10.2 Å². The molecule has 0 aliphatic heterocycles. The molecule has 1 N–H and O–H groups in total. The summed E-state index contributed by atoms with van der Waals surface area (Å²) in [6.45, 7) is 0. The van der Waals surface area contributed by atoms with Gasteiger partial charge in [-0.2, -0.15) is 5.10 Å². The fourth-order valence-electron chi connectivity index (χ4n) is 1.76. The SMILES string of the molecule is Fc1ccc(-c2n[nH]c3cc[c]cc23)cc1F. The predicted molar refractivity (Wildman–Crippen MR) is 60.3 cm³/mol. The molecule has 0 aliphatic rings. The molecule has 0 saturated carbocycles. The molecule has 0 spiro atoms. The van der Waals surface area contributed by atoms with Crippen LogP contribution in [0.15, 0.2) is 36.4 Å². The molecule has 0 amide bonds. The van der Waals surface area contributed by atoms with Crippen LogP contribution in [0.2, 0.25) is 0 Å². The molecule has 4 heteroatoms. The molecular weight excluding hydrogens is 222 g/mol. The molecule has 0 bridgehead atoms. The lowest BCUT2D eigenvalue weighted by atomic mass is 10.1. The van der Waals surface area contributed by atoms with Gasteiger partial charge >= 0.3 is 0 Å². The van der Waals surface area contributed by atoms with Crippen LogP contribution in [0.1, 0.15) is 0 Å². The van der Waals surface area contributed by atoms with Crippen molar-refractivity contribution in [3.63, 3.8) is 0 Å². The summed E-state index contributed by atoms with van der Waals surface area (Å²) in [7, 11) is 0. The third-order valence-electron chi connectivity index (χ3n) is 2.60. The zero-order chi connectivity index (χ0) is 11.8. The quantitative estimate of drug-likeness (QED) is 0.681. The second-order valence-electron chi connectivity index (χ2n) is 3.67. The van der Waals surface area contributed by atoms with E-state index in [0.717, 1.165) is 23.0 Å². The molecule has 0 unspecified atom stereocenters. The van der Waals surface area contributed by atoms with Crippen LogP contribution in [0.4, 0.5) is 8.78 Å². The highest BCUT2D eigenvalue weighted by Gasteiger charge is 2.10. The largest absolute Gasteiger partial charge is 0.277 e. The van der Waals surface area contributed by atoms with E-state index in [1.165, 1.54) is 6.07 Å². The van der Waals surface area contributed by atoms with Gasteiger partial charge in [0, 0.05) is 10.9 Å². The van der Waals surface area contributed by atoms with Gasteiger partial charge in [0.05, 0.1) is 5.52 Å². The van der Waals surface area contributed by atoms with Crippen LogP contribution in [0.5, 0.6) is 0 Å². The Balaban J connectivity index is 2.24. The van der Waals surface area contributed by atoms with Gasteiger partial charge in [0.25, 0.3) is 0 Å². The number of hydrogen-bond donors (Lipinski definition) is 1. The summed E-state index contributed by atoms with van der Waals surface area (Å²) in [4.78, 5) is 0. The fraction of sp³-hybridized carbons (Fsp3) is 0. The molecule has 0 saturated heterocycles. The minimum Gasteiger partial charge on any atom is -0.277 e. The molecule has 1 aromatic heterocycles. The second kappa shape index (κ2) is 3.66. The fourth-order valence-corrected chi connectivity index (χ4v) is 1.76. The van der Waals surface area contributed by atoms with Crippen LogP contribution in [-0.2, 0) is 0 Å². The van der Waals surface area contributed by atoms with Crippen LogP contribution >= 0.6 is 0 Å². The van der Waals surface area contributed by atoms with Crippen LogP contribution in [0, 0.1) is 17.7 Å². The number of halogens is 2. The van der Waals surface area contributed by atoms with Gasteiger partial charge < -0.3 is 0 Å². The Morgan fingerprint density at radius 3 is 2.82 bits per heavy atom. The van der Waals surface area contributed by atoms with E-state index in [0.29, 0.717) is 11.3 Å². The summed E-state index contributed by atoms with van der Waals surface area (Å²) >= 11 is 0. The Hall–Kier alpha value is -2.23. The lowest BCUT2D eigenvalue weighted by molar-refractivity contribution is 0.509. The summed E-state index contributed by atoms with van der Waals surface area (Å²) in [6.07, 6.45) is 0. The Morgan fingerprint density at radius 1 is 1.12 bits per heavy atom. The van der Waals surface area contributed by atoms with Gasteiger partial charge in [0.2, 0.25) is 0 Å². The molecule has 1 radical (unpaired) electrons. The molecule has 3 aromatic rings. The van der Waals surface area contributed by atoms with Crippen molar-refractivity contribution in [2.75, 3.05) is 0 Å². The Bertz CT molecular complexity index is 689. The Morgan fingerprint density at radius 2 is 2.00 bits per heavy atom. The van der Waals surface area contributed by atoms with E-state index in [2.05, 4.69) is 16.3 Å². The third kappa shape index (κ3) is 1.58. The first-order valence-electron chi connectivity index (χ1n) is 5.05. The van der Waals surface area contributed by atoms with E-state index in [9.17, 15) is 8.78 Å². The van der Waals surface area contributed by atoms with E-state index in [4.69, 9.17) is 0 Å². The van der Waals surface area contributed by atoms with Crippen molar-refractivity contribution in [3.05, 3.63) is 54.1 Å². The van der Waals surface area contributed by atoms with Crippen LogP contribution in [0.3, 0.4) is 0 Å². The van der Waals surface area contributed by atoms with Crippen molar-refractivity contribution in [1.82, 2.24) is 10.2 Å². The first-order valence-corrected chi connectivity index (χ1v) is 5.05. The van der Waals surface area contributed by atoms with Gasteiger partial charge in [-0.05, 0) is 36.4 Å². The normalized spacial score (nSPS) is 10.9. The number of fused-ring (bicyclic) bond motifs is 1. The number of H-pyrrole nitrogens is 1. The molecule has 2 aromatic carbocycles. The van der Waals surface area contributed by atoms with Crippen molar-refractivity contribution in [3.8, 4) is 11.3 Å². The van der Waals surface area contributed by atoms with E-state index in [1.807, 2.05) is 6.07 Å². The topological polar surface area (TPSA) is 28.7 Å². The number of nitrogens with zero attached hydrogens (tertiary/aromatic N) is 1. The summed E-state index contributed by atoms with van der Waals surface area (Å²) in [5.41, 5.74) is 1.97. The average Bonchev–Trinajstić information content (AvgIpc) is 2.76. The van der Waals surface area contributed by atoms with Gasteiger partial charge in [-0.3, -0.25) is 5.10 Å². The smallest absolute Gasteiger partial charge is 0.159 e. The highest BCUT2D eigenvalue weighted by molar-refractivity contribution is 5.92. The standard InChI is InChI=1S/C13H7F2N2/c14-10-6-5-8(7-11(10)15)13-9-3-1-2-4-12(9)16-17-13/h2-7H,(H,16,17). The predicted octanol–water partition coefficient (Wildman–Crippen LogP) is 3.31. The average molecular weight is 229 g/mol. The summed E-state index contributed by atoms with van der Waals surface area (Å²) < 4.78 is 26.0. The highest BCUT2D eigenvalue weighted by Crippen LogP contribution is 2.26. The maximum absolute atomic E-state index is 13.2. The zero-order valence-corrected chi connectivity index (χ0v) is 8.67. The first kappa shape index (κ1) is 9.96. The highest BCUT2D eigenvalue weighted by atomic mass is 19.2. The zero-order valence-electron chi connectivity index (χ0n) is 8.67. The lowest BCUT2D eigenvalue weighted by Gasteiger charge is -1.98. The van der Waals surface area contributed by atoms with Gasteiger partial charge in [-0.25, -0.2) is 8.78 Å². The molecule has 0 aliphatic carbocycles. The van der Waals surface area contributed by atoms with E-state index in [1.54, 1.807) is 12.1 Å². The third-order valence-corrected chi connectivity index (χ3v) is 2.60. The Labute approximate surface area is 95.9 Å². The molecule has 0 fully saturated rings. The van der Waals surface area contributed by atoms with Crippen LogP contribution in [0.25, 0.3) is 22.2 Å². The molecule has 1 heterocycles. The molecule has 3 rings (SSSR count). The molecule has 83 valence electrons. The van der Waals surface area contributed by atoms with Crippen molar-refractivity contribution in [2.24, 2.45) is 0 Å². The second-order valence-corrected chi connectivity index (χ2v) is 3.67. The first-order chi connectivity index (χ1) is 8.25. The van der Waals surface area contributed by atoms with Gasteiger partial charge in [-0.15, -0.1) is 0 Å². The summed E-state index contributed by atoms with van der Waals surface area (Å²) in [5, 5.41) is 7.77. The molecule has 2 nitrogen and oxygen atoms in total. The van der Waals surface area contributed by atoms with E-state index < -0.39 is 11.6 Å². The van der Waals surface area contributed by atoms with Gasteiger partial charge in [0.15, 0.2) is 11.6 Å². The van der Waals surface area contributed by atoms with Crippen LogP contribution < -0.4 is 0 Å². The van der Waals surface area contributed by atoms with Gasteiger partial charge in [0.1, 0.15) is 5.69 Å². The number of rotatable bonds is 1. The summed E-state index contributed by atoms with van der Waals surface area (Å²) in [5.74, 6) is -1.74. The number of hydrogen-bond acceptors (Lipinski definition) is 1. The van der Waals surface area contributed by atoms with Crippen molar-refractivity contribution in [2.45, 2.75) is 0 Å². The van der Waals surface area contributed by atoms with Crippen molar-refractivity contribution < 1.29 is 8.78 Å². The van der Waals surface area contributed by atoms with Crippen molar-refractivity contribution in [1.29, 1.82) is 0 Å². The number of benzene rings is 2. The molecule has 17 heavy (non-hydrogen) atoms. The van der Waals surface area contributed by atoms with E-state index in [-0.39, 0.29) is 0 Å². The van der Waals surface area contributed by atoms with Gasteiger partial charge in [-0.1, -0.05) is 6.07 Å². The Kier molecular flexibility index (Phi) is 2.14. The summed E-state index contributed by atoms with van der Waals surface area (Å²) in [6, 6.07) is 12.0. The lowest BCUT2D eigenvalue weighted by Crippen LogP contribution is -1.86. The minimum absolute atomic E-state index is 0.537. The minimum atomic E-state index is -0.876. The number of nitrogens with one attached hydrogen (secondary N) is 1. The number of aromatic nitrogens is 2. The molecular formula is C13H7F2N2. The maximum atomic E-state index is 13.2. The monoisotopic (exact) mass is 229 g/mol. The molecule has 0 atom stereocenters.